The summed E-state index contributed by atoms with van der Waals surface area (Å²) in [6.07, 6.45) is 0.526. The lowest BCUT2D eigenvalue weighted by Crippen LogP contribution is -2.45. The van der Waals surface area contributed by atoms with Gasteiger partial charge in [-0.2, -0.15) is 0 Å². The summed E-state index contributed by atoms with van der Waals surface area (Å²) in [5, 5.41) is 12.0. The Morgan fingerprint density at radius 3 is 2.68 bits per heavy atom. The summed E-state index contributed by atoms with van der Waals surface area (Å²) >= 11 is 0. The lowest BCUT2D eigenvalue weighted by atomic mass is 9.81. The number of hydrogen-bond donors (Lipinski definition) is 1. The monoisotopic (exact) mass is 304 g/mol. The van der Waals surface area contributed by atoms with E-state index in [9.17, 15) is 4.79 Å². The minimum Gasteiger partial charge on any atom is -0.464 e. The molecule has 6 heteroatoms. The van der Waals surface area contributed by atoms with E-state index in [-0.39, 0.29) is 5.41 Å². The second kappa shape index (κ2) is 4.78. The Morgan fingerprint density at radius 1 is 1.36 bits per heavy atom. The van der Waals surface area contributed by atoms with Crippen LogP contribution >= 0.6 is 0 Å². The van der Waals surface area contributed by atoms with Crippen LogP contribution < -0.4 is 9.91 Å². The van der Waals surface area contributed by atoms with Gasteiger partial charge in [0.25, 0.3) is 0 Å². The van der Waals surface area contributed by atoms with Crippen LogP contribution in [0.15, 0.2) is 18.2 Å². The summed E-state index contributed by atoms with van der Waals surface area (Å²) in [4.78, 5) is 15.9. The molecule has 22 heavy (non-hydrogen) atoms. The second-order valence-electron chi connectivity index (χ2n) is 6.66. The fraction of sp³-hybridized carbons (Fsp3) is 0.562. The van der Waals surface area contributed by atoms with Gasteiger partial charge in [-0.3, -0.25) is 9.91 Å². The van der Waals surface area contributed by atoms with Crippen LogP contribution in [0.1, 0.15) is 18.9 Å². The lowest BCUT2D eigenvalue weighted by Gasteiger charge is -2.32. The normalized spacial score (nSPS) is 26.8. The van der Waals surface area contributed by atoms with Gasteiger partial charge < -0.3 is 10.0 Å². The first-order chi connectivity index (χ1) is 10.3. The van der Waals surface area contributed by atoms with Gasteiger partial charge in [-0.1, -0.05) is 6.92 Å². The van der Waals surface area contributed by atoms with E-state index in [0.29, 0.717) is 6.17 Å². The summed E-state index contributed by atoms with van der Waals surface area (Å²) in [5.74, 6) is 0. The molecule has 120 valence electrons. The molecule has 1 aromatic rings. The van der Waals surface area contributed by atoms with E-state index >= 15 is 0 Å². The molecule has 1 N–H and O–H groups in total. The number of anilines is 2. The minimum atomic E-state index is -0.968. The zero-order valence-corrected chi connectivity index (χ0v) is 13.9. The Hall–Kier alpha value is -1.95. The molecule has 1 amide bonds. The van der Waals surface area contributed by atoms with Crippen LogP contribution in [0.4, 0.5) is 16.2 Å². The van der Waals surface area contributed by atoms with Crippen LogP contribution in [0.5, 0.6) is 0 Å². The molecule has 2 atom stereocenters. The number of amides is 1. The van der Waals surface area contributed by atoms with Gasteiger partial charge in [-0.15, -0.1) is 0 Å². The van der Waals surface area contributed by atoms with E-state index in [1.165, 1.54) is 16.3 Å². The number of fused-ring (bicyclic) bond motifs is 3. The predicted octanol–water partition coefficient (Wildman–Crippen LogP) is 2.02. The minimum absolute atomic E-state index is 0.0947. The number of likely N-dealkylation sites (tertiary alicyclic amines) is 1. The number of carbonyl (C=O) groups is 1. The van der Waals surface area contributed by atoms with E-state index in [2.05, 4.69) is 43.0 Å². The van der Waals surface area contributed by atoms with Crippen LogP contribution in [0.2, 0.25) is 0 Å². The van der Waals surface area contributed by atoms with Crippen molar-refractivity contribution in [3.63, 3.8) is 0 Å². The van der Waals surface area contributed by atoms with Gasteiger partial charge in [0, 0.05) is 38.8 Å². The number of hydrazine groups is 1. The topological polar surface area (TPSA) is 50.3 Å². The number of benzene rings is 1. The van der Waals surface area contributed by atoms with Gasteiger partial charge in [0.15, 0.2) is 0 Å². The van der Waals surface area contributed by atoms with Gasteiger partial charge in [0.2, 0.25) is 0 Å². The SMILES string of the molecule is CN1CC[C@@]2(C)c3cc(N(C)N(C)C(=O)O)ccc3N(C)[C@@H]12. The van der Waals surface area contributed by atoms with E-state index in [1.807, 2.05) is 6.07 Å². The molecule has 0 saturated carbocycles. The summed E-state index contributed by atoms with van der Waals surface area (Å²) < 4.78 is 0. The lowest BCUT2D eigenvalue weighted by molar-refractivity contribution is 0.154. The highest BCUT2D eigenvalue weighted by molar-refractivity contribution is 5.72. The van der Waals surface area contributed by atoms with Crippen molar-refractivity contribution < 1.29 is 9.90 Å². The third-order valence-electron chi connectivity index (χ3n) is 5.41. The van der Waals surface area contributed by atoms with E-state index in [0.717, 1.165) is 18.7 Å². The highest BCUT2D eigenvalue weighted by atomic mass is 16.4. The van der Waals surface area contributed by atoms with Gasteiger partial charge in [0.1, 0.15) is 0 Å². The van der Waals surface area contributed by atoms with Crippen LogP contribution in [-0.2, 0) is 5.41 Å². The Morgan fingerprint density at radius 2 is 2.05 bits per heavy atom. The molecule has 0 radical (unpaired) electrons. The number of rotatable bonds is 2. The largest absolute Gasteiger partial charge is 0.464 e. The zero-order valence-electron chi connectivity index (χ0n) is 13.9. The number of carboxylic acid groups (broad SMARTS) is 1. The van der Waals surface area contributed by atoms with Crippen LogP contribution in [-0.4, -0.2) is 62.0 Å². The van der Waals surface area contributed by atoms with Crippen LogP contribution in [0.25, 0.3) is 0 Å². The standard InChI is InChI=1S/C16H24N4O2/c1-16-8-9-17(2)14(16)18(3)13-7-6-11(10-12(13)16)19(4)20(5)15(21)22/h6-7,10,14H,8-9H2,1-5H3,(H,21,22)/t14-,16+/m1/s1. The molecule has 1 aromatic carbocycles. The molecule has 0 spiro atoms. The average molecular weight is 304 g/mol. The zero-order chi connectivity index (χ0) is 16.2. The summed E-state index contributed by atoms with van der Waals surface area (Å²) in [5.41, 5.74) is 3.55. The highest BCUT2D eigenvalue weighted by Gasteiger charge is 2.52. The second-order valence-corrected chi connectivity index (χ2v) is 6.66. The third-order valence-corrected chi connectivity index (χ3v) is 5.41. The number of nitrogens with zero attached hydrogens (tertiary/aromatic N) is 4. The molecule has 2 aliphatic heterocycles. The molecular weight excluding hydrogens is 280 g/mol. The van der Waals surface area contributed by atoms with Crippen molar-refractivity contribution in [2.24, 2.45) is 0 Å². The van der Waals surface area contributed by atoms with Crippen molar-refractivity contribution in [3.8, 4) is 0 Å². The molecule has 1 saturated heterocycles. The molecular formula is C16H24N4O2. The van der Waals surface area contributed by atoms with E-state index < -0.39 is 6.09 Å². The number of likely N-dealkylation sites (N-methyl/N-ethyl adjacent to an activating group) is 2. The maximum absolute atomic E-state index is 11.2. The molecule has 0 bridgehead atoms. The Bertz CT molecular complexity index is 620. The van der Waals surface area contributed by atoms with Gasteiger partial charge in [-0.05, 0) is 37.2 Å². The van der Waals surface area contributed by atoms with Crippen molar-refractivity contribution in [2.45, 2.75) is 24.9 Å². The molecule has 6 nitrogen and oxygen atoms in total. The Labute approximate surface area is 131 Å². The van der Waals surface area contributed by atoms with E-state index in [1.54, 1.807) is 19.1 Å². The Balaban J connectivity index is 2.02. The van der Waals surface area contributed by atoms with Crippen molar-refractivity contribution in [3.05, 3.63) is 23.8 Å². The molecule has 0 aromatic heterocycles. The van der Waals surface area contributed by atoms with Gasteiger partial charge in [-0.25, -0.2) is 9.80 Å². The van der Waals surface area contributed by atoms with E-state index in [4.69, 9.17) is 5.11 Å². The molecule has 0 unspecified atom stereocenters. The molecule has 2 aliphatic rings. The van der Waals surface area contributed by atoms with Gasteiger partial charge in [0.05, 0.1) is 11.9 Å². The van der Waals surface area contributed by atoms with Crippen molar-refractivity contribution >= 4 is 17.5 Å². The summed E-state index contributed by atoms with van der Waals surface area (Å²) in [7, 11) is 7.64. The third kappa shape index (κ3) is 1.86. The molecule has 0 aliphatic carbocycles. The fourth-order valence-corrected chi connectivity index (χ4v) is 4.07. The summed E-state index contributed by atoms with van der Waals surface area (Å²) in [6.45, 7) is 3.40. The average Bonchev–Trinajstić information content (AvgIpc) is 2.91. The predicted molar refractivity (Wildman–Crippen MR) is 87.4 cm³/mol. The van der Waals surface area contributed by atoms with Crippen molar-refractivity contribution in [1.82, 2.24) is 9.91 Å². The molecule has 1 fully saturated rings. The van der Waals surface area contributed by atoms with Crippen LogP contribution in [0, 0.1) is 0 Å². The van der Waals surface area contributed by atoms with Crippen molar-refractivity contribution in [2.75, 3.05) is 44.6 Å². The number of hydrogen-bond acceptors (Lipinski definition) is 4. The summed E-state index contributed by atoms with van der Waals surface area (Å²) in [6, 6.07) is 6.23. The highest BCUT2D eigenvalue weighted by Crippen LogP contribution is 2.51. The van der Waals surface area contributed by atoms with Crippen molar-refractivity contribution in [1.29, 1.82) is 0 Å². The maximum atomic E-state index is 11.2. The van der Waals surface area contributed by atoms with Gasteiger partial charge >= 0.3 is 6.09 Å². The maximum Gasteiger partial charge on any atom is 0.426 e. The fourth-order valence-electron chi connectivity index (χ4n) is 4.07. The first-order valence-electron chi connectivity index (χ1n) is 7.55. The molecule has 3 rings (SSSR count). The first-order valence-corrected chi connectivity index (χ1v) is 7.55. The first kappa shape index (κ1) is 15.0. The smallest absolute Gasteiger partial charge is 0.426 e. The molecule has 2 heterocycles. The quantitative estimate of drug-likeness (QED) is 0.847. The Kier molecular flexibility index (Phi) is 3.25. The van der Waals surface area contributed by atoms with Crippen LogP contribution in [0.3, 0.4) is 0 Å².